The minimum atomic E-state index is -1.18. The van der Waals surface area contributed by atoms with Crippen LogP contribution in [0.1, 0.15) is 62.9 Å². The van der Waals surface area contributed by atoms with E-state index in [1.165, 1.54) is 12.1 Å². The van der Waals surface area contributed by atoms with Gasteiger partial charge in [-0.15, -0.1) is 0 Å². The summed E-state index contributed by atoms with van der Waals surface area (Å²) in [6.45, 7) is 7.72. The number of oxime groups is 1. The molecular formula is C39H42F2N4O5. The summed E-state index contributed by atoms with van der Waals surface area (Å²) >= 11 is 0. The van der Waals surface area contributed by atoms with E-state index in [2.05, 4.69) is 27.7 Å². The van der Waals surface area contributed by atoms with E-state index in [9.17, 15) is 23.5 Å². The number of carbonyl (C=O) groups is 2. The van der Waals surface area contributed by atoms with Crippen molar-refractivity contribution in [2.24, 2.45) is 5.16 Å². The molecule has 0 spiro atoms. The van der Waals surface area contributed by atoms with Crippen LogP contribution in [0.15, 0.2) is 109 Å². The Hall–Kier alpha value is -5.39. The van der Waals surface area contributed by atoms with Crippen LogP contribution < -0.4 is 20.7 Å². The van der Waals surface area contributed by atoms with Crippen molar-refractivity contribution in [3.8, 4) is 5.75 Å². The first-order valence-electron chi connectivity index (χ1n) is 16.1. The molecule has 11 heteroatoms. The number of rotatable bonds is 17. The van der Waals surface area contributed by atoms with Crippen LogP contribution in [-0.4, -0.2) is 55.0 Å². The smallest absolute Gasteiger partial charge is 0.251 e. The molecule has 4 aromatic rings. The molecule has 4 N–H and O–H groups in total. The predicted molar refractivity (Wildman–Crippen MR) is 189 cm³/mol. The molecule has 0 aromatic heterocycles. The lowest BCUT2D eigenvalue weighted by Gasteiger charge is -2.25. The lowest BCUT2D eigenvalue weighted by molar-refractivity contribution is 0.0829. The summed E-state index contributed by atoms with van der Waals surface area (Å²) in [5.41, 5.74) is 3.19. The van der Waals surface area contributed by atoms with Crippen LogP contribution >= 0.6 is 0 Å². The van der Waals surface area contributed by atoms with Crippen LogP contribution in [-0.2, 0) is 17.8 Å². The molecule has 0 aliphatic carbocycles. The van der Waals surface area contributed by atoms with E-state index in [1.54, 1.807) is 26.2 Å². The molecule has 0 radical (unpaired) electrons. The molecule has 4 aromatic carbocycles. The summed E-state index contributed by atoms with van der Waals surface area (Å²) in [5.74, 6) is -1.92. The second-order valence-electron chi connectivity index (χ2n) is 11.8. The fraction of sp³-hybridized carbons (Fsp3) is 0.256. The van der Waals surface area contributed by atoms with Crippen LogP contribution in [0.2, 0.25) is 0 Å². The molecule has 3 atom stereocenters. The topological polar surface area (TPSA) is 121 Å². The molecule has 0 unspecified atom stereocenters. The van der Waals surface area contributed by atoms with E-state index in [-0.39, 0.29) is 42.3 Å². The number of methoxy groups -OCH3 is 1. The highest BCUT2D eigenvalue weighted by Crippen LogP contribution is 2.18. The van der Waals surface area contributed by atoms with E-state index in [0.717, 1.165) is 29.3 Å². The quantitative estimate of drug-likeness (QED) is 0.0477. The van der Waals surface area contributed by atoms with Crippen molar-refractivity contribution in [2.75, 3.05) is 20.3 Å². The van der Waals surface area contributed by atoms with Crippen LogP contribution in [0.25, 0.3) is 0 Å². The largest absolute Gasteiger partial charge is 0.497 e. The minimum Gasteiger partial charge on any atom is -0.497 e. The molecule has 0 bridgehead atoms. The Morgan fingerprint density at radius 3 is 2.20 bits per heavy atom. The van der Waals surface area contributed by atoms with Gasteiger partial charge in [0.05, 0.1) is 31.0 Å². The van der Waals surface area contributed by atoms with Gasteiger partial charge in [-0.2, -0.15) is 0 Å². The van der Waals surface area contributed by atoms with Gasteiger partial charge in [0.1, 0.15) is 24.0 Å². The van der Waals surface area contributed by atoms with Crippen molar-refractivity contribution in [1.29, 1.82) is 0 Å². The highest BCUT2D eigenvalue weighted by Gasteiger charge is 2.24. The van der Waals surface area contributed by atoms with Crippen molar-refractivity contribution in [1.82, 2.24) is 16.0 Å². The van der Waals surface area contributed by atoms with E-state index < -0.39 is 35.6 Å². The second kappa shape index (κ2) is 18.4. The fourth-order valence-electron chi connectivity index (χ4n) is 5.25. The van der Waals surface area contributed by atoms with E-state index in [0.29, 0.717) is 23.6 Å². The number of benzene rings is 4. The summed E-state index contributed by atoms with van der Waals surface area (Å²) < 4.78 is 33.5. The molecule has 0 saturated carbocycles. The molecule has 0 aliphatic rings. The third kappa shape index (κ3) is 11.1. The Morgan fingerprint density at radius 2 is 1.54 bits per heavy atom. The third-order valence-electron chi connectivity index (χ3n) is 7.89. The maximum atomic E-state index is 14.1. The summed E-state index contributed by atoms with van der Waals surface area (Å²) in [5, 5.41) is 24.3. The zero-order valence-electron chi connectivity index (χ0n) is 28.3. The molecule has 2 amide bonds. The van der Waals surface area contributed by atoms with Crippen LogP contribution in [0.5, 0.6) is 5.75 Å². The first-order chi connectivity index (χ1) is 24.1. The van der Waals surface area contributed by atoms with Crippen molar-refractivity contribution in [3.63, 3.8) is 0 Å². The van der Waals surface area contributed by atoms with E-state index in [4.69, 9.17) is 9.57 Å². The lowest BCUT2D eigenvalue weighted by atomic mass is 9.98. The monoisotopic (exact) mass is 684 g/mol. The summed E-state index contributed by atoms with van der Waals surface area (Å²) in [6.07, 6.45) is 0.274. The molecule has 0 heterocycles. The van der Waals surface area contributed by atoms with Crippen molar-refractivity contribution < 1.29 is 33.1 Å². The highest BCUT2D eigenvalue weighted by molar-refractivity contribution is 6.06. The maximum Gasteiger partial charge on any atom is 0.251 e. The Kier molecular flexibility index (Phi) is 13.8. The molecule has 0 aliphatic heterocycles. The lowest BCUT2D eigenvalue weighted by Crippen LogP contribution is -2.48. The zero-order valence-corrected chi connectivity index (χ0v) is 28.3. The van der Waals surface area contributed by atoms with Crippen LogP contribution in [0.3, 0.4) is 0 Å². The fourth-order valence-corrected chi connectivity index (χ4v) is 5.25. The number of aliphatic hydroxyl groups excluding tert-OH is 1. The van der Waals surface area contributed by atoms with E-state index >= 15 is 0 Å². The van der Waals surface area contributed by atoms with Crippen LogP contribution in [0.4, 0.5) is 8.78 Å². The van der Waals surface area contributed by atoms with Gasteiger partial charge in [0.2, 0.25) is 0 Å². The standard InChI is InChI=1S/C39H42F2N4O5/c1-5-14-50-45-26(3)30-19-31(38(47)43-25(2)29-11-7-6-8-12-29)21-32(20-30)39(48)44-36(18-28-15-33(40)22-34(41)16-28)37(46)24-42-23-27-10-9-13-35(17-27)49-4/h5-13,15-17,19-22,25,36-37,42,46H,1,14,18,23-24H2,2-4H3,(H,43,47)(H,44,48)/t25-,36+,37-/m1/s1. The number of amides is 2. The first kappa shape index (κ1) is 37.4. The van der Waals surface area contributed by atoms with Gasteiger partial charge < -0.3 is 30.6 Å². The van der Waals surface area contributed by atoms with Crippen molar-refractivity contribution >= 4 is 17.5 Å². The average Bonchev–Trinajstić information content (AvgIpc) is 3.11. The number of hydrogen-bond acceptors (Lipinski definition) is 7. The van der Waals surface area contributed by atoms with Gasteiger partial charge >= 0.3 is 0 Å². The molecule has 4 rings (SSSR count). The first-order valence-corrected chi connectivity index (χ1v) is 16.1. The van der Waals surface area contributed by atoms with Gasteiger partial charge in [0.25, 0.3) is 11.8 Å². The Morgan fingerprint density at radius 1 is 0.880 bits per heavy atom. The normalized spacial score (nSPS) is 13.1. The van der Waals surface area contributed by atoms with Gasteiger partial charge in [-0.25, -0.2) is 8.78 Å². The molecular weight excluding hydrogens is 642 g/mol. The maximum absolute atomic E-state index is 14.1. The zero-order chi connectivity index (χ0) is 36.0. The van der Waals surface area contributed by atoms with Gasteiger partial charge in [-0.3, -0.25) is 9.59 Å². The summed E-state index contributed by atoms with van der Waals surface area (Å²) in [4.78, 5) is 32.6. The van der Waals surface area contributed by atoms with Gasteiger partial charge in [-0.05, 0) is 79.4 Å². The Labute approximate surface area is 291 Å². The molecule has 262 valence electrons. The SMILES string of the molecule is C=CCON=C(C)c1cc(C(=O)N[C@@H](Cc2cc(F)cc(F)c2)[C@H](O)CNCc2cccc(OC)c2)cc(C(=O)N[C@H](C)c2ccccc2)c1. The number of carbonyl (C=O) groups excluding carboxylic acids is 2. The minimum absolute atomic E-state index is 0.0391. The molecule has 0 fully saturated rings. The molecule has 9 nitrogen and oxygen atoms in total. The van der Waals surface area contributed by atoms with E-state index in [1.807, 2.05) is 61.5 Å². The van der Waals surface area contributed by atoms with Gasteiger partial charge in [0.15, 0.2) is 0 Å². The Bertz CT molecular complexity index is 1780. The number of halogens is 2. The van der Waals surface area contributed by atoms with Crippen molar-refractivity contribution in [2.45, 2.75) is 45.0 Å². The number of nitrogens with one attached hydrogen (secondary N) is 3. The average molecular weight is 685 g/mol. The Balaban J connectivity index is 1.60. The second-order valence-corrected chi connectivity index (χ2v) is 11.8. The number of hydrogen-bond donors (Lipinski definition) is 4. The predicted octanol–water partition coefficient (Wildman–Crippen LogP) is 5.88. The number of nitrogens with zero attached hydrogens (tertiary/aromatic N) is 1. The van der Waals surface area contributed by atoms with Gasteiger partial charge in [0, 0.05) is 35.8 Å². The molecule has 50 heavy (non-hydrogen) atoms. The van der Waals surface area contributed by atoms with Crippen molar-refractivity contribution in [3.05, 3.63) is 149 Å². The number of ether oxygens (including phenoxy) is 1. The summed E-state index contributed by atoms with van der Waals surface area (Å²) in [7, 11) is 1.57. The third-order valence-corrected chi connectivity index (χ3v) is 7.89. The van der Waals surface area contributed by atoms with Gasteiger partial charge in [-0.1, -0.05) is 60.3 Å². The highest BCUT2D eigenvalue weighted by atomic mass is 19.1. The molecule has 0 saturated heterocycles. The number of aliphatic hydroxyl groups is 1. The van der Waals surface area contributed by atoms with Crippen LogP contribution in [0, 0.1) is 11.6 Å². The summed E-state index contributed by atoms with van der Waals surface area (Å²) in [6, 6.07) is 23.2.